The molecule has 0 fully saturated rings. The zero-order valence-electron chi connectivity index (χ0n) is 14.6. The molecule has 0 saturated carbocycles. The highest BCUT2D eigenvalue weighted by atomic mass is 15.3. The number of aliphatic imine (C=N–C) groups is 1. The summed E-state index contributed by atoms with van der Waals surface area (Å²) < 4.78 is 0. The molecule has 0 atom stereocenters. The minimum atomic E-state index is 0.566. The van der Waals surface area contributed by atoms with Crippen molar-refractivity contribution in [1.82, 2.24) is 10.2 Å². The van der Waals surface area contributed by atoms with Crippen LogP contribution >= 0.6 is 0 Å². The molecule has 0 saturated heterocycles. The second kappa shape index (κ2) is 7.63. The second-order valence-corrected chi connectivity index (χ2v) is 6.43. The third-order valence-corrected chi connectivity index (χ3v) is 4.33. The molecule has 22 heavy (non-hydrogen) atoms. The Hall–Kier alpha value is -1.55. The lowest BCUT2D eigenvalue weighted by Crippen LogP contribution is -2.46. The predicted molar refractivity (Wildman–Crippen MR) is 95.8 cm³/mol. The van der Waals surface area contributed by atoms with E-state index < -0.39 is 0 Å². The fraction of sp³-hybridized carbons (Fsp3) is 0.611. The number of fused-ring (bicyclic) bond motifs is 1. The third-order valence-electron chi connectivity index (χ3n) is 4.33. The van der Waals surface area contributed by atoms with Crippen molar-refractivity contribution in [3.05, 3.63) is 29.8 Å². The van der Waals surface area contributed by atoms with Gasteiger partial charge in [-0.1, -0.05) is 18.2 Å². The van der Waals surface area contributed by atoms with E-state index in [4.69, 9.17) is 0 Å². The predicted octanol–water partition coefficient (Wildman–Crippen LogP) is 2.74. The summed E-state index contributed by atoms with van der Waals surface area (Å²) in [6.07, 6.45) is 1.10. The molecule has 0 spiro atoms. The Kier molecular flexibility index (Phi) is 5.83. The van der Waals surface area contributed by atoms with Gasteiger partial charge in [-0.2, -0.15) is 0 Å². The monoisotopic (exact) mass is 302 g/mol. The van der Waals surface area contributed by atoms with E-state index in [2.05, 4.69) is 72.1 Å². The number of benzene rings is 1. The summed E-state index contributed by atoms with van der Waals surface area (Å²) in [6, 6.07) is 9.74. The maximum absolute atomic E-state index is 4.47. The van der Waals surface area contributed by atoms with Gasteiger partial charge in [-0.05, 0) is 45.7 Å². The molecular weight excluding hydrogens is 272 g/mol. The molecule has 1 aromatic carbocycles. The van der Waals surface area contributed by atoms with E-state index in [9.17, 15) is 0 Å². The van der Waals surface area contributed by atoms with Crippen LogP contribution in [0.4, 0.5) is 5.69 Å². The molecule has 0 radical (unpaired) electrons. The number of nitrogens with one attached hydrogen (secondary N) is 1. The summed E-state index contributed by atoms with van der Waals surface area (Å²) in [4.78, 5) is 9.26. The fourth-order valence-electron chi connectivity index (χ4n) is 3.26. The van der Waals surface area contributed by atoms with Crippen molar-refractivity contribution >= 4 is 11.6 Å². The van der Waals surface area contributed by atoms with Gasteiger partial charge in [-0.15, -0.1) is 0 Å². The van der Waals surface area contributed by atoms with E-state index in [1.54, 1.807) is 0 Å². The molecule has 4 nitrogen and oxygen atoms in total. The van der Waals surface area contributed by atoms with Crippen LogP contribution in [0.25, 0.3) is 0 Å². The molecule has 1 aliphatic rings. The molecule has 0 amide bonds. The number of hydrogen-bond acceptors (Lipinski definition) is 2. The maximum Gasteiger partial charge on any atom is 0.198 e. The van der Waals surface area contributed by atoms with Crippen molar-refractivity contribution < 1.29 is 0 Å². The highest BCUT2D eigenvalue weighted by molar-refractivity contribution is 5.97. The lowest BCUT2D eigenvalue weighted by molar-refractivity contribution is 0.178. The van der Waals surface area contributed by atoms with Crippen LogP contribution in [0.3, 0.4) is 0 Å². The zero-order chi connectivity index (χ0) is 16.1. The summed E-state index contributed by atoms with van der Waals surface area (Å²) in [6.45, 7) is 12.0. The largest absolute Gasteiger partial charge is 0.355 e. The van der Waals surface area contributed by atoms with Gasteiger partial charge in [0.15, 0.2) is 5.96 Å². The SMILES string of the molecule is CN=C(NCCN(C(C)C)C(C)C)N1CCc2ccccc21. The normalized spacial score (nSPS) is 15.1. The van der Waals surface area contributed by atoms with Gasteiger partial charge in [0.1, 0.15) is 0 Å². The first-order chi connectivity index (χ1) is 10.5. The molecule has 0 aromatic heterocycles. The highest BCUT2D eigenvalue weighted by Crippen LogP contribution is 2.27. The van der Waals surface area contributed by atoms with Gasteiger partial charge in [0.05, 0.1) is 0 Å². The van der Waals surface area contributed by atoms with Crippen LogP contribution < -0.4 is 10.2 Å². The molecule has 2 rings (SSSR count). The van der Waals surface area contributed by atoms with Crippen LogP contribution in [0, 0.1) is 0 Å². The number of rotatable bonds is 5. The average molecular weight is 302 g/mol. The molecule has 0 unspecified atom stereocenters. The Bertz CT molecular complexity index is 500. The molecule has 1 aromatic rings. The van der Waals surface area contributed by atoms with E-state index in [1.165, 1.54) is 11.3 Å². The van der Waals surface area contributed by atoms with Crippen molar-refractivity contribution in [3.63, 3.8) is 0 Å². The minimum absolute atomic E-state index is 0.566. The maximum atomic E-state index is 4.47. The number of anilines is 1. The van der Waals surface area contributed by atoms with Crippen molar-refractivity contribution in [2.45, 2.75) is 46.2 Å². The molecular formula is C18H30N4. The van der Waals surface area contributed by atoms with E-state index in [-0.39, 0.29) is 0 Å². The summed E-state index contributed by atoms with van der Waals surface area (Å²) >= 11 is 0. The van der Waals surface area contributed by atoms with Crippen LogP contribution in [0.1, 0.15) is 33.3 Å². The number of para-hydroxylation sites is 1. The van der Waals surface area contributed by atoms with Crippen LogP contribution in [-0.4, -0.2) is 49.6 Å². The summed E-state index contributed by atoms with van der Waals surface area (Å²) in [5.74, 6) is 0.984. The zero-order valence-corrected chi connectivity index (χ0v) is 14.6. The standard InChI is InChI=1S/C18H30N4/c1-14(2)21(15(3)4)13-11-20-18(19-5)22-12-10-16-8-6-7-9-17(16)22/h6-9,14-15H,10-13H2,1-5H3,(H,19,20). The first-order valence-corrected chi connectivity index (χ1v) is 8.36. The molecule has 1 N–H and O–H groups in total. The van der Waals surface area contributed by atoms with Gasteiger partial charge < -0.3 is 10.2 Å². The Morgan fingerprint density at radius 3 is 2.55 bits per heavy atom. The van der Waals surface area contributed by atoms with Crippen molar-refractivity contribution in [1.29, 1.82) is 0 Å². The van der Waals surface area contributed by atoms with Crippen LogP contribution in [0.2, 0.25) is 0 Å². The second-order valence-electron chi connectivity index (χ2n) is 6.43. The molecule has 0 bridgehead atoms. The molecule has 122 valence electrons. The van der Waals surface area contributed by atoms with Gasteiger partial charge in [-0.3, -0.25) is 9.89 Å². The average Bonchev–Trinajstić information content (AvgIpc) is 2.90. The highest BCUT2D eigenvalue weighted by Gasteiger charge is 2.22. The molecule has 0 aliphatic carbocycles. The number of nitrogens with zero attached hydrogens (tertiary/aromatic N) is 3. The summed E-state index contributed by atoms with van der Waals surface area (Å²) in [5.41, 5.74) is 2.71. The van der Waals surface area contributed by atoms with E-state index >= 15 is 0 Å². The fourth-order valence-corrected chi connectivity index (χ4v) is 3.26. The van der Waals surface area contributed by atoms with Crippen molar-refractivity contribution in [3.8, 4) is 0 Å². The lowest BCUT2D eigenvalue weighted by atomic mass is 10.2. The van der Waals surface area contributed by atoms with Gasteiger partial charge >= 0.3 is 0 Å². The number of guanidine groups is 1. The Labute approximate surface area is 135 Å². The van der Waals surface area contributed by atoms with Gasteiger partial charge in [-0.25, -0.2) is 0 Å². The van der Waals surface area contributed by atoms with Gasteiger partial charge in [0.25, 0.3) is 0 Å². The summed E-state index contributed by atoms with van der Waals surface area (Å²) in [5, 5.41) is 3.53. The van der Waals surface area contributed by atoms with Gasteiger partial charge in [0.2, 0.25) is 0 Å². The van der Waals surface area contributed by atoms with Crippen molar-refractivity contribution in [2.24, 2.45) is 4.99 Å². The summed E-state index contributed by atoms with van der Waals surface area (Å²) in [7, 11) is 1.87. The molecule has 4 heteroatoms. The quantitative estimate of drug-likeness (QED) is 0.670. The van der Waals surface area contributed by atoms with E-state index in [0.717, 1.165) is 32.0 Å². The smallest absolute Gasteiger partial charge is 0.198 e. The number of hydrogen-bond donors (Lipinski definition) is 1. The Balaban J connectivity index is 1.94. The van der Waals surface area contributed by atoms with E-state index in [0.29, 0.717) is 12.1 Å². The van der Waals surface area contributed by atoms with Crippen LogP contribution in [-0.2, 0) is 6.42 Å². The minimum Gasteiger partial charge on any atom is -0.355 e. The van der Waals surface area contributed by atoms with Gasteiger partial charge in [0, 0.05) is 44.5 Å². The van der Waals surface area contributed by atoms with Crippen molar-refractivity contribution in [2.75, 3.05) is 31.6 Å². The van der Waals surface area contributed by atoms with Crippen LogP contribution in [0.15, 0.2) is 29.3 Å². The first-order valence-electron chi connectivity index (χ1n) is 8.36. The lowest BCUT2D eigenvalue weighted by Gasteiger charge is -2.31. The molecule has 1 heterocycles. The Morgan fingerprint density at radius 1 is 1.23 bits per heavy atom. The third kappa shape index (κ3) is 3.80. The van der Waals surface area contributed by atoms with Crippen LogP contribution in [0.5, 0.6) is 0 Å². The van der Waals surface area contributed by atoms with E-state index in [1.807, 2.05) is 7.05 Å². The topological polar surface area (TPSA) is 30.9 Å². The Morgan fingerprint density at radius 2 is 1.91 bits per heavy atom. The molecule has 1 aliphatic heterocycles. The first kappa shape index (κ1) is 16.8.